The van der Waals surface area contributed by atoms with Crippen LogP contribution in [0.3, 0.4) is 0 Å². The van der Waals surface area contributed by atoms with Gasteiger partial charge in [0, 0.05) is 18.2 Å². The lowest BCUT2D eigenvalue weighted by molar-refractivity contribution is -0.392. The standard InChI is InChI=1S/C10H10N4O4/c1-6(2)12-10-8(13(15)16)3-7(5-11)4-9(10)14(17)18/h3-4,6,12H,1-2H3. The molecule has 0 aliphatic carbocycles. The second kappa shape index (κ2) is 5.09. The van der Waals surface area contributed by atoms with Crippen LogP contribution in [0.1, 0.15) is 19.4 Å². The first-order chi connectivity index (χ1) is 8.36. The molecule has 0 amide bonds. The van der Waals surface area contributed by atoms with Gasteiger partial charge < -0.3 is 5.32 Å². The minimum absolute atomic E-state index is 0.122. The van der Waals surface area contributed by atoms with Gasteiger partial charge in [-0.2, -0.15) is 5.26 Å². The highest BCUT2D eigenvalue weighted by Crippen LogP contribution is 2.35. The van der Waals surface area contributed by atoms with Crippen LogP contribution in [0.25, 0.3) is 0 Å². The number of rotatable bonds is 4. The van der Waals surface area contributed by atoms with E-state index in [1.807, 2.05) is 0 Å². The number of nitro groups is 2. The zero-order valence-corrected chi connectivity index (χ0v) is 9.71. The Kier molecular flexibility index (Phi) is 3.78. The third kappa shape index (κ3) is 2.70. The lowest BCUT2D eigenvalue weighted by Crippen LogP contribution is -2.13. The quantitative estimate of drug-likeness (QED) is 0.645. The van der Waals surface area contributed by atoms with Gasteiger partial charge in [0.05, 0.1) is 21.5 Å². The summed E-state index contributed by atoms with van der Waals surface area (Å²) >= 11 is 0. The average molecular weight is 250 g/mol. The van der Waals surface area contributed by atoms with E-state index in [0.717, 1.165) is 12.1 Å². The molecule has 0 aliphatic heterocycles. The Labute approximate surface area is 102 Å². The summed E-state index contributed by atoms with van der Waals surface area (Å²) < 4.78 is 0. The van der Waals surface area contributed by atoms with Crippen LogP contribution in [-0.4, -0.2) is 15.9 Å². The number of hydrogen-bond acceptors (Lipinski definition) is 6. The second-order valence-electron chi connectivity index (χ2n) is 3.81. The van der Waals surface area contributed by atoms with Gasteiger partial charge in [0.2, 0.25) is 0 Å². The molecular formula is C10H10N4O4. The molecule has 18 heavy (non-hydrogen) atoms. The van der Waals surface area contributed by atoms with Crippen LogP contribution >= 0.6 is 0 Å². The number of benzene rings is 1. The SMILES string of the molecule is CC(C)Nc1c([N+](=O)[O-])cc(C#N)cc1[N+](=O)[O-]. The van der Waals surface area contributed by atoms with Crippen LogP contribution in [0.2, 0.25) is 0 Å². The molecule has 0 aromatic heterocycles. The van der Waals surface area contributed by atoms with Gasteiger partial charge in [-0.15, -0.1) is 0 Å². The zero-order valence-electron chi connectivity index (χ0n) is 9.71. The Balaban J connectivity index is 3.56. The van der Waals surface area contributed by atoms with Crippen molar-refractivity contribution < 1.29 is 9.85 Å². The minimum Gasteiger partial charge on any atom is -0.372 e. The number of nitriles is 1. The zero-order chi connectivity index (χ0) is 13.9. The van der Waals surface area contributed by atoms with Gasteiger partial charge in [-0.1, -0.05) is 0 Å². The molecule has 0 atom stereocenters. The Hall–Kier alpha value is -2.69. The molecular weight excluding hydrogens is 240 g/mol. The highest BCUT2D eigenvalue weighted by Gasteiger charge is 2.27. The molecule has 94 valence electrons. The summed E-state index contributed by atoms with van der Waals surface area (Å²) in [5, 5.41) is 33.1. The van der Waals surface area contributed by atoms with E-state index in [0.29, 0.717) is 0 Å². The van der Waals surface area contributed by atoms with Crippen molar-refractivity contribution in [1.82, 2.24) is 0 Å². The fourth-order valence-electron chi connectivity index (χ4n) is 1.40. The van der Waals surface area contributed by atoms with Gasteiger partial charge >= 0.3 is 11.4 Å². The molecule has 0 bridgehead atoms. The first-order valence-electron chi connectivity index (χ1n) is 5.00. The van der Waals surface area contributed by atoms with E-state index in [1.54, 1.807) is 19.9 Å². The van der Waals surface area contributed by atoms with E-state index in [1.165, 1.54) is 0 Å². The van der Waals surface area contributed by atoms with E-state index in [4.69, 9.17) is 5.26 Å². The van der Waals surface area contributed by atoms with Crippen molar-refractivity contribution in [1.29, 1.82) is 5.26 Å². The summed E-state index contributed by atoms with van der Waals surface area (Å²) in [6.45, 7) is 3.40. The third-order valence-corrected chi connectivity index (χ3v) is 2.05. The summed E-state index contributed by atoms with van der Waals surface area (Å²) in [4.78, 5) is 20.3. The molecule has 0 saturated carbocycles. The van der Waals surface area contributed by atoms with E-state index < -0.39 is 21.2 Å². The highest BCUT2D eigenvalue weighted by atomic mass is 16.6. The molecule has 1 aromatic carbocycles. The van der Waals surface area contributed by atoms with Crippen LogP contribution in [0.5, 0.6) is 0 Å². The van der Waals surface area contributed by atoms with Crippen molar-refractivity contribution in [3.05, 3.63) is 37.9 Å². The summed E-state index contributed by atoms with van der Waals surface area (Å²) in [6, 6.07) is 3.47. The molecule has 1 aromatic rings. The number of anilines is 1. The molecule has 1 rings (SSSR count). The van der Waals surface area contributed by atoms with Crippen molar-refractivity contribution in [3.63, 3.8) is 0 Å². The van der Waals surface area contributed by atoms with Crippen LogP contribution in [0.4, 0.5) is 17.1 Å². The van der Waals surface area contributed by atoms with Crippen molar-refractivity contribution >= 4 is 17.1 Å². The van der Waals surface area contributed by atoms with Gasteiger partial charge in [-0.3, -0.25) is 20.2 Å². The first-order valence-corrected chi connectivity index (χ1v) is 5.00. The Morgan fingerprint density at radius 1 is 1.22 bits per heavy atom. The molecule has 0 spiro atoms. The third-order valence-electron chi connectivity index (χ3n) is 2.05. The Bertz CT molecular complexity index is 512. The summed E-state index contributed by atoms with van der Waals surface area (Å²) in [6.07, 6.45) is 0. The smallest absolute Gasteiger partial charge is 0.300 e. The summed E-state index contributed by atoms with van der Waals surface area (Å²) in [7, 11) is 0. The first kappa shape index (κ1) is 13.4. The van der Waals surface area contributed by atoms with Crippen LogP contribution in [0.15, 0.2) is 12.1 Å². The number of hydrogen-bond donors (Lipinski definition) is 1. The number of nitrogens with one attached hydrogen (secondary N) is 1. The van der Waals surface area contributed by atoms with E-state index in [9.17, 15) is 20.2 Å². The molecule has 0 fully saturated rings. The van der Waals surface area contributed by atoms with Gasteiger partial charge in [0.1, 0.15) is 0 Å². The predicted octanol–water partition coefficient (Wildman–Crippen LogP) is 2.19. The van der Waals surface area contributed by atoms with Crippen molar-refractivity contribution in [2.45, 2.75) is 19.9 Å². The Morgan fingerprint density at radius 2 is 1.67 bits per heavy atom. The second-order valence-corrected chi connectivity index (χ2v) is 3.81. The van der Waals surface area contributed by atoms with Crippen molar-refractivity contribution in [3.8, 4) is 6.07 Å². The van der Waals surface area contributed by atoms with Crippen molar-refractivity contribution in [2.75, 3.05) is 5.32 Å². The van der Waals surface area contributed by atoms with Gasteiger partial charge in [0.25, 0.3) is 0 Å². The van der Waals surface area contributed by atoms with E-state index in [2.05, 4.69) is 5.32 Å². The molecule has 0 aliphatic rings. The minimum atomic E-state index is -0.751. The van der Waals surface area contributed by atoms with Gasteiger partial charge in [-0.25, -0.2) is 0 Å². The molecule has 0 unspecified atom stereocenters. The Morgan fingerprint density at radius 3 is 1.94 bits per heavy atom. The fraction of sp³-hybridized carbons (Fsp3) is 0.300. The predicted molar refractivity (Wildman–Crippen MR) is 63.2 cm³/mol. The summed E-state index contributed by atoms with van der Waals surface area (Å²) in [5.74, 6) is 0. The lowest BCUT2D eigenvalue weighted by atomic mass is 10.1. The van der Waals surface area contributed by atoms with Crippen LogP contribution in [0, 0.1) is 31.6 Å². The van der Waals surface area contributed by atoms with E-state index in [-0.39, 0.29) is 17.3 Å². The molecule has 0 heterocycles. The summed E-state index contributed by atoms with van der Waals surface area (Å²) in [5.41, 5.74) is -1.26. The molecule has 8 nitrogen and oxygen atoms in total. The van der Waals surface area contributed by atoms with E-state index >= 15 is 0 Å². The highest BCUT2D eigenvalue weighted by molar-refractivity contribution is 5.76. The van der Waals surface area contributed by atoms with Crippen LogP contribution in [-0.2, 0) is 0 Å². The number of nitro benzene ring substituents is 2. The normalized spacial score (nSPS) is 9.89. The maximum absolute atomic E-state index is 10.9. The maximum Gasteiger partial charge on any atom is 0.300 e. The topological polar surface area (TPSA) is 122 Å². The largest absolute Gasteiger partial charge is 0.372 e. The monoisotopic (exact) mass is 250 g/mol. The molecule has 0 saturated heterocycles. The maximum atomic E-state index is 10.9. The molecule has 1 N–H and O–H groups in total. The fourth-order valence-corrected chi connectivity index (χ4v) is 1.40. The van der Waals surface area contributed by atoms with Crippen molar-refractivity contribution in [2.24, 2.45) is 0 Å². The van der Waals surface area contributed by atoms with Crippen LogP contribution < -0.4 is 5.32 Å². The molecule has 0 radical (unpaired) electrons. The lowest BCUT2D eigenvalue weighted by Gasteiger charge is -2.10. The van der Waals surface area contributed by atoms with Gasteiger partial charge in [0.15, 0.2) is 5.69 Å². The van der Waals surface area contributed by atoms with Gasteiger partial charge in [-0.05, 0) is 13.8 Å². The average Bonchev–Trinajstić information content (AvgIpc) is 2.27. The number of nitrogens with zero attached hydrogens (tertiary/aromatic N) is 3. The molecule has 8 heteroatoms.